The highest BCUT2D eigenvalue weighted by Crippen LogP contribution is 2.50. The summed E-state index contributed by atoms with van der Waals surface area (Å²) in [5.74, 6) is -4.86. The molecule has 0 radical (unpaired) electrons. The summed E-state index contributed by atoms with van der Waals surface area (Å²) in [4.78, 5) is 15.0. The molecule has 2 bridgehead atoms. The quantitative estimate of drug-likeness (QED) is 0.511. The number of fused-ring (bicyclic) bond motifs is 2. The molecule has 1 heterocycles. The number of ether oxygens (including phenoxy) is 1. The molecule has 2 aromatic carbocycles. The lowest BCUT2D eigenvalue weighted by molar-refractivity contribution is 0.0253. The molecule has 3 aliphatic rings. The van der Waals surface area contributed by atoms with Crippen LogP contribution < -0.4 is 5.32 Å². The molecule has 1 saturated heterocycles. The van der Waals surface area contributed by atoms with Crippen molar-refractivity contribution >= 4 is 33.0 Å². The van der Waals surface area contributed by atoms with Crippen molar-refractivity contribution in [2.75, 3.05) is 38.2 Å². The number of nitrogens with zero attached hydrogens (tertiary/aromatic N) is 1. The molecule has 2 aromatic rings. The predicted molar refractivity (Wildman–Crippen MR) is 133 cm³/mol. The zero-order chi connectivity index (χ0) is 26.3. The van der Waals surface area contributed by atoms with Crippen molar-refractivity contribution in [3.63, 3.8) is 0 Å². The van der Waals surface area contributed by atoms with Crippen LogP contribution in [-0.2, 0) is 14.6 Å². The number of morpholine rings is 1. The number of carbonyl (C=O) groups excluding carboxylic acids is 1. The van der Waals surface area contributed by atoms with E-state index in [1.54, 1.807) is 0 Å². The third-order valence-corrected chi connectivity index (χ3v) is 10.7. The Balaban J connectivity index is 1.34. The number of hydrogen-bond donors (Lipinski definition) is 1. The lowest BCUT2D eigenvalue weighted by Gasteiger charge is -2.38. The van der Waals surface area contributed by atoms with Gasteiger partial charge in [0.15, 0.2) is 27.3 Å². The fourth-order valence-electron chi connectivity index (χ4n) is 6.24. The topological polar surface area (TPSA) is 75.7 Å². The van der Waals surface area contributed by atoms with Crippen molar-refractivity contribution in [2.24, 2.45) is 17.8 Å². The number of nitrogens with one attached hydrogen (secondary N) is 1. The van der Waals surface area contributed by atoms with Gasteiger partial charge in [-0.2, -0.15) is 0 Å². The van der Waals surface area contributed by atoms with Crippen LogP contribution in [0.15, 0.2) is 35.2 Å². The van der Waals surface area contributed by atoms with Crippen molar-refractivity contribution in [3.05, 3.63) is 58.4 Å². The van der Waals surface area contributed by atoms with Crippen molar-refractivity contribution < 1.29 is 31.1 Å². The van der Waals surface area contributed by atoms with Crippen molar-refractivity contribution in [1.29, 1.82) is 0 Å². The first-order valence-corrected chi connectivity index (χ1v) is 14.4. The summed E-state index contributed by atoms with van der Waals surface area (Å²) in [6, 6.07) is 5.18. The molecule has 200 valence electrons. The second-order valence-corrected chi connectivity index (χ2v) is 12.7. The van der Waals surface area contributed by atoms with Gasteiger partial charge in [-0.15, -0.1) is 0 Å². The van der Waals surface area contributed by atoms with Crippen LogP contribution in [0.3, 0.4) is 0 Å². The van der Waals surface area contributed by atoms with E-state index >= 15 is 0 Å². The summed E-state index contributed by atoms with van der Waals surface area (Å²) in [6.07, 6.45) is 3.34. The fraction of sp³-hybridized carbons (Fsp3) is 0.500. The van der Waals surface area contributed by atoms with E-state index in [1.807, 2.05) is 0 Å². The highest BCUT2D eigenvalue weighted by molar-refractivity contribution is 7.92. The van der Waals surface area contributed by atoms with E-state index in [1.165, 1.54) is 18.2 Å². The summed E-state index contributed by atoms with van der Waals surface area (Å²) >= 11 is 6.33. The Morgan fingerprint density at radius 1 is 1.03 bits per heavy atom. The van der Waals surface area contributed by atoms with Crippen molar-refractivity contribution in [1.82, 2.24) is 4.90 Å². The average molecular weight is 557 g/mol. The molecule has 1 aliphatic heterocycles. The molecule has 3 fully saturated rings. The van der Waals surface area contributed by atoms with E-state index < -0.39 is 38.4 Å². The molecule has 0 aromatic heterocycles. The van der Waals surface area contributed by atoms with Gasteiger partial charge < -0.3 is 10.1 Å². The molecule has 37 heavy (non-hydrogen) atoms. The zero-order valence-electron chi connectivity index (χ0n) is 20.1. The number of anilines is 1. The van der Waals surface area contributed by atoms with Gasteiger partial charge >= 0.3 is 0 Å². The standard InChI is InChI=1S/C26H28ClF3N2O4S/c27-20-4-3-18(26(33)31-19-12-21(28)24(30)22(29)13-19)11-23(20)37(34,35)25-16-1-2-17(25)10-15(9-16)14-32-5-7-36-8-6-32/h3-4,11-13,15-17,25H,1-2,5-10,14H2,(H,31,33)/t15-,16?,17?,25+. The van der Waals surface area contributed by atoms with E-state index in [-0.39, 0.29) is 33.0 Å². The molecule has 1 N–H and O–H groups in total. The van der Waals surface area contributed by atoms with Crippen LogP contribution in [0.25, 0.3) is 0 Å². The molecule has 2 unspecified atom stereocenters. The molecular formula is C26H28ClF3N2O4S. The van der Waals surface area contributed by atoms with Gasteiger partial charge in [0.1, 0.15) is 0 Å². The molecule has 5 rings (SSSR count). The maximum Gasteiger partial charge on any atom is 0.255 e. The Morgan fingerprint density at radius 2 is 1.65 bits per heavy atom. The Bertz CT molecular complexity index is 1270. The third-order valence-electron chi connectivity index (χ3n) is 7.83. The Morgan fingerprint density at radius 3 is 2.27 bits per heavy atom. The molecule has 0 spiro atoms. The van der Waals surface area contributed by atoms with Crippen LogP contribution in [0.2, 0.25) is 5.02 Å². The highest BCUT2D eigenvalue weighted by atomic mass is 35.5. The van der Waals surface area contributed by atoms with Crippen LogP contribution >= 0.6 is 11.6 Å². The van der Waals surface area contributed by atoms with Crippen LogP contribution in [-0.4, -0.2) is 57.3 Å². The van der Waals surface area contributed by atoms with Crippen molar-refractivity contribution in [3.8, 4) is 0 Å². The summed E-state index contributed by atoms with van der Waals surface area (Å²) in [5.41, 5.74) is -0.334. The van der Waals surface area contributed by atoms with Gasteiger partial charge in [-0.1, -0.05) is 11.6 Å². The molecule has 1 amide bonds. The van der Waals surface area contributed by atoms with E-state index in [9.17, 15) is 26.4 Å². The van der Waals surface area contributed by atoms with Gasteiger partial charge in [-0.05, 0) is 61.6 Å². The summed E-state index contributed by atoms with van der Waals surface area (Å²) < 4.78 is 73.4. The second-order valence-electron chi connectivity index (χ2n) is 10.2. The largest absolute Gasteiger partial charge is 0.379 e. The lowest BCUT2D eigenvalue weighted by Crippen LogP contribution is -2.43. The van der Waals surface area contributed by atoms with E-state index in [4.69, 9.17) is 16.3 Å². The monoisotopic (exact) mass is 556 g/mol. The minimum absolute atomic E-state index is 0.0188. The van der Waals surface area contributed by atoms with E-state index in [0.717, 1.165) is 58.5 Å². The number of sulfone groups is 1. The second kappa shape index (κ2) is 10.6. The number of halogens is 4. The summed E-state index contributed by atoms with van der Waals surface area (Å²) in [5, 5.41) is 1.74. The molecular weight excluding hydrogens is 529 g/mol. The first-order valence-electron chi connectivity index (χ1n) is 12.4. The number of rotatable bonds is 6. The van der Waals surface area contributed by atoms with Crippen molar-refractivity contribution in [2.45, 2.75) is 35.8 Å². The van der Waals surface area contributed by atoms with Gasteiger partial charge in [0.05, 0.1) is 28.4 Å². The maximum absolute atomic E-state index is 13.8. The molecule has 11 heteroatoms. The van der Waals surface area contributed by atoms with E-state index in [2.05, 4.69) is 10.2 Å². The number of hydrogen-bond acceptors (Lipinski definition) is 5. The molecule has 2 saturated carbocycles. The zero-order valence-corrected chi connectivity index (χ0v) is 21.6. The normalized spacial score (nSPS) is 26.3. The van der Waals surface area contributed by atoms with Gasteiger partial charge in [-0.25, -0.2) is 21.6 Å². The van der Waals surface area contributed by atoms with Crippen LogP contribution in [0, 0.1) is 35.2 Å². The predicted octanol–water partition coefficient (Wildman–Crippen LogP) is 4.92. The SMILES string of the molecule is O=C(Nc1cc(F)c(F)c(F)c1)c1ccc(Cl)c(S(=O)(=O)[C@H]2C3CCC2C[C@H](CN2CCOCC2)C3)c1. The maximum atomic E-state index is 13.8. The fourth-order valence-corrected chi connectivity index (χ4v) is 9.12. The molecule has 2 atom stereocenters. The lowest BCUT2D eigenvalue weighted by atomic mass is 9.80. The van der Waals surface area contributed by atoms with Gasteiger partial charge in [0, 0.05) is 43.0 Å². The third kappa shape index (κ3) is 5.39. The summed E-state index contributed by atoms with van der Waals surface area (Å²) in [6.45, 7) is 4.20. The minimum Gasteiger partial charge on any atom is -0.379 e. The highest BCUT2D eigenvalue weighted by Gasteiger charge is 2.50. The average Bonchev–Trinajstić information content (AvgIpc) is 3.15. The van der Waals surface area contributed by atoms with E-state index in [0.29, 0.717) is 18.1 Å². The Kier molecular flexibility index (Phi) is 7.55. The number of amides is 1. The Hall–Kier alpha value is -2.14. The van der Waals surface area contributed by atoms with Crippen LogP contribution in [0.1, 0.15) is 36.0 Å². The van der Waals surface area contributed by atoms with Gasteiger partial charge in [0.2, 0.25) is 0 Å². The Labute approximate surface area is 219 Å². The van der Waals surface area contributed by atoms with Gasteiger partial charge in [0.25, 0.3) is 5.91 Å². The smallest absolute Gasteiger partial charge is 0.255 e. The van der Waals surface area contributed by atoms with Crippen LogP contribution in [0.4, 0.5) is 18.9 Å². The minimum atomic E-state index is -3.85. The number of carbonyl (C=O) groups is 1. The first-order chi connectivity index (χ1) is 17.6. The summed E-state index contributed by atoms with van der Waals surface area (Å²) in [7, 11) is -3.85. The first kappa shape index (κ1) is 26.5. The number of benzene rings is 2. The molecule has 2 aliphatic carbocycles. The molecule has 6 nitrogen and oxygen atoms in total. The van der Waals surface area contributed by atoms with Gasteiger partial charge in [-0.3, -0.25) is 9.69 Å². The van der Waals surface area contributed by atoms with Crippen LogP contribution in [0.5, 0.6) is 0 Å².